The summed E-state index contributed by atoms with van der Waals surface area (Å²) < 4.78 is 1.91. The summed E-state index contributed by atoms with van der Waals surface area (Å²) in [6.45, 7) is 10.9. The van der Waals surface area contributed by atoms with Gasteiger partial charge in [-0.15, -0.1) is 0 Å². The number of aromatic nitrogens is 3. The second kappa shape index (κ2) is 6.94. The Morgan fingerprint density at radius 3 is 2.43 bits per heavy atom. The van der Waals surface area contributed by atoms with Crippen LogP contribution in [0.25, 0.3) is 0 Å². The van der Waals surface area contributed by atoms with Crippen LogP contribution in [0.3, 0.4) is 0 Å². The number of nitrogens with one attached hydrogen (secondary N) is 1. The molecule has 1 aromatic carbocycles. The van der Waals surface area contributed by atoms with Crippen molar-refractivity contribution in [2.45, 2.75) is 53.1 Å². The first-order valence-electron chi connectivity index (χ1n) is 8.06. The first kappa shape index (κ1) is 17.2. The maximum absolute atomic E-state index is 12.2. The van der Waals surface area contributed by atoms with E-state index in [-0.39, 0.29) is 11.4 Å². The average Bonchev–Trinajstić information content (AvgIpc) is 2.88. The number of carbonyl (C=O) groups excluding carboxylic acids is 1. The molecule has 124 valence electrons. The van der Waals surface area contributed by atoms with Gasteiger partial charge in [-0.2, -0.15) is 5.10 Å². The molecular formula is C18H26N4O. The fourth-order valence-corrected chi connectivity index (χ4v) is 2.35. The monoisotopic (exact) mass is 314 g/mol. The molecule has 5 heteroatoms. The summed E-state index contributed by atoms with van der Waals surface area (Å²) in [5.41, 5.74) is 0.478. The van der Waals surface area contributed by atoms with Gasteiger partial charge in [0.05, 0.1) is 12.1 Å². The molecule has 1 N–H and O–H groups in total. The molecule has 2 rings (SSSR count). The number of rotatable bonds is 5. The molecule has 0 aliphatic carbocycles. The average molecular weight is 314 g/mol. The van der Waals surface area contributed by atoms with Crippen molar-refractivity contribution in [2.75, 3.05) is 0 Å². The van der Waals surface area contributed by atoms with Crippen molar-refractivity contribution in [3.63, 3.8) is 0 Å². The van der Waals surface area contributed by atoms with Crippen molar-refractivity contribution in [3.8, 4) is 0 Å². The third kappa shape index (κ3) is 4.65. The quantitative estimate of drug-likeness (QED) is 0.922. The second-order valence-corrected chi connectivity index (χ2v) is 7.17. The molecule has 1 heterocycles. The Kier molecular flexibility index (Phi) is 5.19. The molecule has 0 aliphatic heterocycles. The van der Waals surface area contributed by atoms with Crippen LogP contribution in [0.15, 0.2) is 30.3 Å². The van der Waals surface area contributed by atoms with Crippen molar-refractivity contribution in [1.29, 1.82) is 0 Å². The van der Waals surface area contributed by atoms with Crippen molar-refractivity contribution in [3.05, 3.63) is 47.5 Å². The van der Waals surface area contributed by atoms with Gasteiger partial charge >= 0.3 is 0 Å². The summed E-state index contributed by atoms with van der Waals surface area (Å²) in [6, 6.07) is 9.20. The predicted octanol–water partition coefficient (Wildman–Crippen LogP) is 3.16. The smallest absolute Gasteiger partial charge is 0.251 e. The highest BCUT2D eigenvalue weighted by atomic mass is 16.1. The number of amides is 1. The van der Waals surface area contributed by atoms with Crippen LogP contribution >= 0.6 is 0 Å². The number of carbonyl (C=O) groups is 1. The zero-order chi connectivity index (χ0) is 17.0. The van der Waals surface area contributed by atoms with Crippen LogP contribution in [0.5, 0.6) is 0 Å². The minimum atomic E-state index is -0.172. The summed E-state index contributed by atoms with van der Waals surface area (Å²) in [7, 11) is 0. The number of nitrogens with zero attached hydrogens (tertiary/aromatic N) is 3. The van der Waals surface area contributed by atoms with E-state index in [4.69, 9.17) is 0 Å². The summed E-state index contributed by atoms with van der Waals surface area (Å²) in [5.74, 6) is 2.02. The molecule has 0 radical (unpaired) electrons. The van der Waals surface area contributed by atoms with Crippen LogP contribution in [-0.2, 0) is 18.5 Å². The van der Waals surface area contributed by atoms with E-state index >= 15 is 0 Å². The molecule has 0 spiro atoms. The third-order valence-electron chi connectivity index (χ3n) is 3.39. The second-order valence-electron chi connectivity index (χ2n) is 7.17. The maximum Gasteiger partial charge on any atom is 0.251 e. The van der Waals surface area contributed by atoms with Gasteiger partial charge in [-0.25, -0.2) is 9.67 Å². The van der Waals surface area contributed by atoms with Gasteiger partial charge in [-0.05, 0) is 38.8 Å². The van der Waals surface area contributed by atoms with Crippen LogP contribution in [0.4, 0.5) is 0 Å². The van der Waals surface area contributed by atoms with E-state index in [1.165, 1.54) is 0 Å². The van der Waals surface area contributed by atoms with Crippen LogP contribution in [0, 0.1) is 5.92 Å². The largest absolute Gasteiger partial charge is 0.345 e. The molecule has 0 fully saturated rings. The van der Waals surface area contributed by atoms with Crippen LogP contribution in [0.2, 0.25) is 0 Å². The molecule has 1 amide bonds. The van der Waals surface area contributed by atoms with Gasteiger partial charge in [-0.1, -0.05) is 32.0 Å². The van der Waals surface area contributed by atoms with Crippen LogP contribution < -0.4 is 5.32 Å². The Hall–Kier alpha value is -2.17. The summed E-state index contributed by atoms with van der Waals surface area (Å²) in [5, 5.41) is 7.56. The maximum atomic E-state index is 12.2. The Bertz CT molecular complexity index is 653. The zero-order valence-electron chi connectivity index (χ0n) is 14.6. The van der Waals surface area contributed by atoms with E-state index in [0.717, 1.165) is 18.1 Å². The lowest BCUT2D eigenvalue weighted by Crippen LogP contribution is -2.30. The van der Waals surface area contributed by atoms with E-state index in [0.29, 0.717) is 18.0 Å². The van der Waals surface area contributed by atoms with Crippen molar-refractivity contribution < 1.29 is 4.79 Å². The van der Waals surface area contributed by atoms with Gasteiger partial charge in [0, 0.05) is 12.0 Å². The fourth-order valence-electron chi connectivity index (χ4n) is 2.35. The fraction of sp³-hybridized carbons (Fsp3) is 0.500. The minimum Gasteiger partial charge on any atom is -0.345 e. The van der Waals surface area contributed by atoms with Crippen molar-refractivity contribution in [2.24, 2.45) is 5.92 Å². The Morgan fingerprint density at radius 2 is 1.87 bits per heavy atom. The lowest BCUT2D eigenvalue weighted by Gasteiger charge is -2.21. The van der Waals surface area contributed by atoms with E-state index in [9.17, 15) is 4.79 Å². The first-order chi connectivity index (χ1) is 10.8. The van der Waals surface area contributed by atoms with E-state index < -0.39 is 0 Å². The summed E-state index contributed by atoms with van der Waals surface area (Å²) in [4.78, 5) is 16.8. The van der Waals surface area contributed by atoms with E-state index in [2.05, 4.69) is 50.0 Å². The van der Waals surface area contributed by atoms with Crippen molar-refractivity contribution >= 4 is 5.91 Å². The highest BCUT2D eigenvalue weighted by Gasteiger charge is 2.21. The summed E-state index contributed by atoms with van der Waals surface area (Å²) >= 11 is 0. The van der Waals surface area contributed by atoms with E-state index in [1.54, 1.807) is 12.1 Å². The lowest BCUT2D eigenvalue weighted by atomic mass is 10.1. The zero-order valence-corrected chi connectivity index (χ0v) is 14.6. The van der Waals surface area contributed by atoms with E-state index in [1.807, 2.05) is 22.9 Å². The molecule has 0 saturated heterocycles. The Morgan fingerprint density at radius 1 is 1.22 bits per heavy atom. The molecule has 23 heavy (non-hydrogen) atoms. The molecule has 2 aromatic rings. The minimum absolute atomic E-state index is 0.0977. The van der Waals surface area contributed by atoms with Gasteiger partial charge in [0.25, 0.3) is 5.91 Å². The van der Waals surface area contributed by atoms with Gasteiger partial charge in [0.1, 0.15) is 5.82 Å². The standard InChI is InChI=1S/C18H26N4O/c1-13(2)11-15-20-16(22(21-15)18(3,4)5)12-19-17(23)14-9-7-6-8-10-14/h6-10,13H,11-12H2,1-5H3,(H,19,23). The molecule has 0 atom stereocenters. The molecule has 5 nitrogen and oxygen atoms in total. The lowest BCUT2D eigenvalue weighted by molar-refractivity contribution is 0.0948. The van der Waals surface area contributed by atoms with Gasteiger partial charge in [-0.3, -0.25) is 4.79 Å². The van der Waals surface area contributed by atoms with Gasteiger partial charge in [0.15, 0.2) is 5.82 Å². The molecule has 0 unspecified atom stereocenters. The van der Waals surface area contributed by atoms with Crippen LogP contribution in [0.1, 0.15) is 56.6 Å². The SMILES string of the molecule is CC(C)Cc1nc(CNC(=O)c2ccccc2)n(C(C)(C)C)n1. The van der Waals surface area contributed by atoms with Gasteiger partial charge < -0.3 is 5.32 Å². The highest BCUT2D eigenvalue weighted by Crippen LogP contribution is 2.16. The predicted molar refractivity (Wildman–Crippen MR) is 91.2 cm³/mol. The number of benzene rings is 1. The Balaban J connectivity index is 2.15. The molecule has 1 aromatic heterocycles. The first-order valence-corrected chi connectivity index (χ1v) is 8.06. The molecule has 0 saturated carbocycles. The van der Waals surface area contributed by atoms with Gasteiger partial charge in [0.2, 0.25) is 0 Å². The molecular weight excluding hydrogens is 288 g/mol. The molecule has 0 bridgehead atoms. The normalized spacial score (nSPS) is 11.7. The topological polar surface area (TPSA) is 59.8 Å². The summed E-state index contributed by atoms with van der Waals surface area (Å²) in [6.07, 6.45) is 0.836. The van der Waals surface area contributed by atoms with Crippen LogP contribution in [-0.4, -0.2) is 20.7 Å². The highest BCUT2D eigenvalue weighted by molar-refractivity contribution is 5.93. The third-order valence-corrected chi connectivity index (χ3v) is 3.39. The molecule has 0 aliphatic rings. The number of hydrogen-bond donors (Lipinski definition) is 1. The number of hydrogen-bond acceptors (Lipinski definition) is 3. The Labute approximate surface area is 138 Å². The van der Waals surface area contributed by atoms with Crippen molar-refractivity contribution in [1.82, 2.24) is 20.1 Å².